The van der Waals surface area contributed by atoms with Gasteiger partial charge in [0.1, 0.15) is 12.2 Å². The van der Waals surface area contributed by atoms with E-state index in [2.05, 4.69) is 20.9 Å². The van der Waals surface area contributed by atoms with Crippen LogP contribution in [0.5, 0.6) is 6.01 Å². The predicted octanol–water partition coefficient (Wildman–Crippen LogP) is -0.442. The molecular formula is C9H11BrClN3O4. The van der Waals surface area contributed by atoms with E-state index in [1.807, 2.05) is 0 Å². The number of aliphatic hydroxyl groups is 2. The molecule has 3 rings (SSSR count). The Morgan fingerprint density at radius 2 is 2.28 bits per heavy atom. The Labute approximate surface area is 116 Å². The molecule has 18 heavy (non-hydrogen) atoms. The zero-order valence-electron chi connectivity index (χ0n) is 8.99. The predicted molar refractivity (Wildman–Crippen MR) is 64.4 cm³/mol. The molecule has 0 unspecified atom stereocenters. The fourth-order valence-electron chi connectivity index (χ4n) is 2.08. The van der Waals surface area contributed by atoms with Crippen molar-refractivity contribution in [1.82, 2.24) is 9.55 Å². The summed E-state index contributed by atoms with van der Waals surface area (Å²) in [6.45, 7) is -0.234. The molecule has 1 aromatic rings. The van der Waals surface area contributed by atoms with Crippen LogP contribution in [0.25, 0.3) is 0 Å². The van der Waals surface area contributed by atoms with E-state index >= 15 is 0 Å². The van der Waals surface area contributed by atoms with Crippen molar-refractivity contribution >= 4 is 28.3 Å². The second-order valence-corrected chi connectivity index (χ2v) is 4.80. The molecule has 4 atom stereocenters. The molecular weight excluding hydrogens is 329 g/mol. The second kappa shape index (κ2) is 4.78. The lowest BCUT2D eigenvalue weighted by Gasteiger charge is -2.28. The molecule has 0 radical (unpaired) electrons. The zero-order chi connectivity index (χ0) is 12.2. The second-order valence-electron chi connectivity index (χ2n) is 3.95. The maximum absolute atomic E-state index is 9.95. The van der Waals surface area contributed by atoms with Crippen LogP contribution < -0.4 is 10.2 Å². The summed E-state index contributed by atoms with van der Waals surface area (Å²) in [6, 6.07) is 0.217. The molecule has 9 heteroatoms. The normalized spacial score (nSPS) is 32.4. The van der Waals surface area contributed by atoms with Crippen molar-refractivity contribution in [2.24, 2.45) is 0 Å². The van der Waals surface area contributed by atoms with E-state index in [4.69, 9.17) is 20.0 Å². The summed E-state index contributed by atoms with van der Waals surface area (Å²) in [5, 5.41) is 26.6. The lowest BCUT2D eigenvalue weighted by molar-refractivity contribution is -0.0549. The molecule has 1 fully saturated rings. The Morgan fingerprint density at radius 3 is 2.94 bits per heavy atom. The average molecular weight is 341 g/mol. The number of hydrogen-bond acceptors (Lipinski definition) is 6. The minimum absolute atomic E-state index is 0. The van der Waals surface area contributed by atoms with Crippen LogP contribution in [-0.4, -0.2) is 44.7 Å². The van der Waals surface area contributed by atoms with Gasteiger partial charge in [-0.1, -0.05) is 0 Å². The Bertz CT molecular complexity index is 525. The van der Waals surface area contributed by atoms with Crippen molar-refractivity contribution in [3.05, 3.63) is 16.2 Å². The Morgan fingerprint density at radius 1 is 1.56 bits per heavy atom. The van der Waals surface area contributed by atoms with Gasteiger partial charge in [-0.15, -0.1) is 12.4 Å². The largest absolute Gasteiger partial charge is 0.455 e. The van der Waals surface area contributed by atoms with Gasteiger partial charge in [-0.25, -0.2) is 0 Å². The van der Waals surface area contributed by atoms with Gasteiger partial charge in [0, 0.05) is 6.20 Å². The quantitative estimate of drug-likeness (QED) is 0.643. The molecule has 3 N–H and O–H groups in total. The molecule has 0 amide bonds. The monoisotopic (exact) mass is 339 g/mol. The van der Waals surface area contributed by atoms with Gasteiger partial charge in [-0.05, 0) is 15.9 Å². The van der Waals surface area contributed by atoms with Crippen LogP contribution in [0.2, 0.25) is 0 Å². The van der Waals surface area contributed by atoms with E-state index in [1.165, 1.54) is 4.57 Å². The fraction of sp³-hybridized carbons (Fsp3) is 0.556. The molecule has 2 aliphatic rings. The van der Waals surface area contributed by atoms with Crippen LogP contribution in [-0.2, 0) is 4.74 Å². The van der Waals surface area contributed by atoms with Gasteiger partial charge in [0.2, 0.25) is 0 Å². The van der Waals surface area contributed by atoms with Crippen molar-refractivity contribution in [1.29, 1.82) is 5.41 Å². The number of ether oxygens (including phenoxy) is 2. The van der Waals surface area contributed by atoms with Gasteiger partial charge < -0.3 is 19.7 Å². The number of aromatic nitrogens is 2. The van der Waals surface area contributed by atoms with E-state index in [0.29, 0.717) is 4.47 Å². The highest BCUT2D eigenvalue weighted by atomic mass is 79.9. The zero-order valence-corrected chi connectivity index (χ0v) is 11.4. The third kappa shape index (κ3) is 1.84. The highest BCUT2D eigenvalue weighted by Gasteiger charge is 2.50. The van der Waals surface area contributed by atoms with Crippen molar-refractivity contribution < 1.29 is 19.7 Å². The summed E-state index contributed by atoms with van der Waals surface area (Å²) in [4.78, 5) is 3.95. The summed E-state index contributed by atoms with van der Waals surface area (Å²) in [5.74, 6) is 0. The number of nitrogens with one attached hydrogen (secondary N) is 1. The van der Waals surface area contributed by atoms with Crippen LogP contribution >= 0.6 is 28.3 Å². The number of fused-ring (bicyclic) bond motifs is 4. The molecule has 2 aliphatic heterocycles. The molecule has 2 bridgehead atoms. The van der Waals surface area contributed by atoms with Gasteiger partial charge >= 0.3 is 6.01 Å². The first kappa shape index (κ1) is 13.8. The smallest absolute Gasteiger partial charge is 0.301 e. The summed E-state index contributed by atoms with van der Waals surface area (Å²) in [7, 11) is 0. The van der Waals surface area contributed by atoms with E-state index in [9.17, 15) is 5.11 Å². The molecule has 3 heterocycles. The van der Waals surface area contributed by atoms with E-state index in [-0.39, 0.29) is 30.5 Å². The molecule has 0 aromatic carbocycles. The van der Waals surface area contributed by atoms with Crippen molar-refractivity contribution in [2.45, 2.75) is 24.5 Å². The minimum atomic E-state index is -0.852. The summed E-state index contributed by atoms with van der Waals surface area (Å²) >= 11 is 3.18. The molecule has 100 valence electrons. The topological polar surface area (TPSA) is 101 Å². The Balaban J connectivity index is 0.00000120. The third-order valence-electron chi connectivity index (χ3n) is 2.91. The number of aliphatic hydroxyl groups excluding tert-OH is 2. The molecule has 0 saturated carbocycles. The Hall–Kier alpha value is -0.670. The van der Waals surface area contributed by atoms with Gasteiger partial charge in [0.05, 0.1) is 11.1 Å². The minimum Gasteiger partial charge on any atom is -0.455 e. The van der Waals surface area contributed by atoms with Crippen molar-refractivity contribution in [3.8, 4) is 6.01 Å². The number of rotatable bonds is 1. The van der Waals surface area contributed by atoms with Crippen LogP contribution in [0.1, 0.15) is 6.23 Å². The number of halogens is 2. The highest BCUT2D eigenvalue weighted by Crippen LogP contribution is 2.38. The van der Waals surface area contributed by atoms with Gasteiger partial charge in [0.15, 0.2) is 17.8 Å². The summed E-state index contributed by atoms with van der Waals surface area (Å²) in [5.41, 5.74) is 0.0487. The molecule has 0 spiro atoms. The summed E-state index contributed by atoms with van der Waals surface area (Å²) in [6.07, 6.45) is -1.13. The van der Waals surface area contributed by atoms with Crippen molar-refractivity contribution in [3.63, 3.8) is 0 Å². The van der Waals surface area contributed by atoms with Gasteiger partial charge in [-0.2, -0.15) is 4.98 Å². The first-order valence-electron chi connectivity index (χ1n) is 5.06. The maximum atomic E-state index is 9.95. The standard InChI is InChI=1S/C9H10BrN3O4.ClH/c10-3-1-13-8-5(15)6(4(2-14)16-8)17-9(13)12-7(3)11;/h1,4-6,8,11,14-15H,2H2;1H/t4-,5-,6-,8-;/m1./s1. The third-order valence-corrected chi connectivity index (χ3v) is 3.49. The highest BCUT2D eigenvalue weighted by molar-refractivity contribution is 9.10. The SMILES string of the molecule is Cl.N=c1nc2n(cc1Br)[C@@H]1O[C@H](CO)[C@@H](O2)[C@H]1O. The van der Waals surface area contributed by atoms with Crippen LogP contribution in [0.3, 0.4) is 0 Å². The lowest BCUT2D eigenvalue weighted by Crippen LogP contribution is -2.43. The van der Waals surface area contributed by atoms with Crippen LogP contribution in [0, 0.1) is 5.41 Å². The van der Waals surface area contributed by atoms with Gasteiger partial charge in [-0.3, -0.25) is 9.98 Å². The van der Waals surface area contributed by atoms with E-state index < -0.39 is 24.5 Å². The van der Waals surface area contributed by atoms with Gasteiger partial charge in [0.25, 0.3) is 0 Å². The molecule has 1 saturated heterocycles. The van der Waals surface area contributed by atoms with Crippen LogP contribution in [0.4, 0.5) is 0 Å². The first-order valence-corrected chi connectivity index (χ1v) is 5.85. The summed E-state index contributed by atoms with van der Waals surface area (Å²) < 4.78 is 12.9. The first-order chi connectivity index (χ1) is 8.11. The average Bonchev–Trinajstić information content (AvgIpc) is 2.52. The lowest BCUT2D eigenvalue weighted by atomic mass is 10.1. The van der Waals surface area contributed by atoms with E-state index in [1.54, 1.807) is 6.20 Å². The number of nitrogens with zero attached hydrogens (tertiary/aromatic N) is 2. The van der Waals surface area contributed by atoms with E-state index in [0.717, 1.165) is 0 Å². The molecule has 1 aromatic heterocycles. The Kier molecular flexibility index (Phi) is 3.65. The van der Waals surface area contributed by atoms with Crippen molar-refractivity contribution in [2.75, 3.05) is 6.61 Å². The maximum Gasteiger partial charge on any atom is 0.301 e. The molecule has 0 aliphatic carbocycles. The van der Waals surface area contributed by atoms with Crippen LogP contribution in [0.15, 0.2) is 10.7 Å². The number of hydrogen-bond donors (Lipinski definition) is 3. The fourth-order valence-corrected chi connectivity index (χ4v) is 2.39. The molecule has 7 nitrogen and oxygen atoms in total.